The van der Waals surface area contributed by atoms with E-state index >= 15 is 0 Å². The van der Waals surface area contributed by atoms with E-state index in [1.54, 1.807) is 43.1 Å². The molecule has 0 N–H and O–H groups in total. The molecule has 0 radical (unpaired) electrons. The minimum absolute atomic E-state index is 0.00748. The first-order valence-electron chi connectivity index (χ1n) is 9.69. The number of carbonyl (C=O) groups is 2. The molecule has 0 aliphatic heterocycles. The van der Waals surface area contributed by atoms with E-state index < -0.39 is 11.8 Å². The number of benzene rings is 2. The summed E-state index contributed by atoms with van der Waals surface area (Å²) >= 11 is 0. The van der Waals surface area contributed by atoms with Crippen molar-refractivity contribution >= 4 is 17.4 Å². The Kier molecular flexibility index (Phi) is 6.67. The molecule has 3 aromatic rings. The van der Waals surface area contributed by atoms with Gasteiger partial charge < -0.3 is 4.90 Å². The van der Waals surface area contributed by atoms with Gasteiger partial charge in [-0.05, 0) is 53.4 Å². The van der Waals surface area contributed by atoms with Crippen molar-refractivity contribution in [3.05, 3.63) is 83.7 Å². The van der Waals surface area contributed by atoms with E-state index in [2.05, 4.69) is 4.98 Å². The third-order valence-electron chi connectivity index (χ3n) is 4.96. The van der Waals surface area contributed by atoms with Crippen LogP contribution in [-0.4, -0.2) is 23.7 Å². The van der Waals surface area contributed by atoms with Crippen molar-refractivity contribution in [3.8, 4) is 11.1 Å². The van der Waals surface area contributed by atoms with E-state index in [0.717, 1.165) is 11.3 Å². The van der Waals surface area contributed by atoms with Gasteiger partial charge in [-0.1, -0.05) is 31.2 Å². The Labute approximate surface area is 174 Å². The summed E-state index contributed by atoms with van der Waals surface area (Å²) < 4.78 is 27.4. The smallest absolute Gasteiger partial charge is 0.226 e. The molecule has 0 fully saturated rings. The Balaban J connectivity index is 1.70. The summed E-state index contributed by atoms with van der Waals surface area (Å²) in [4.78, 5) is 29.3. The SMILES string of the molecule is CCC(=O)N(C)c1ccc(-c2ccc(C(=O)CCc3ccc(F)nc3)c(F)c2)cc1. The first-order chi connectivity index (χ1) is 14.4. The second-order valence-corrected chi connectivity index (χ2v) is 6.96. The number of hydrogen-bond acceptors (Lipinski definition) is 3. The summed E-state index contributed by atoms with van der Waals surface area (Å²) in [7, 11) is 1.71. The van der Waals surface area contributed by atoms with E-state index in [0.29, 0.717) is 24.0 Å². The summed E-state index contributed by atoms with van der Waals surface area (Å²) in [5.41, 5.74) is 2.93. The molecule has 1 amide bonds. The Hall–Kier alpha value is -3.41. The fourth-order valence-corrected chi connectivity index (χ4v) is 3.13. The maximum absolute atomic E-state index is 14.6. The average molecular weight is 408 g/mol. The Morgan fingerprint density at radius 3 is 2.27 bits per heavy atom. The number of pyridine rings is 1. The van der Waals surface area contributed by atoms with Crippen LogP contribution in [0.25, 0.3) is 11.1 Å². The molecule has 0 spiro atoms. The van der Waals surface area contributed by atoms with Crippen LogP contribution in [-0.2, 0) is 11.2 Å². The summed E-state index contributed by atoms with van der Waals surface area (Å²) in [6.07, 6.45) is 2.25. The highest BCUT2D eigenvalue weighted by atomic mass is 19.1. The van der Waals surface area contributed by atoms with Crippen molar-refractivity contribution < 1.29 is 18.4 Å². The van der Waals surface area contributed by atoms with Gasteiger partial charge in [0.2, 0.25) is 11.9 Å². The van der Waals surface area contributed by atoms with Crippen molar-refractivity contribution in [1.29, 1.82) is 0 Å². The van der Waals surface area contributed by atoms with Gasteiger partial charge in [0.25, 0.3) is 0 Å². The number of amides is 1. The summed E-state index contributed by atoms with van der Waals surface area (Å²) in [5, 5.41) is 0. The molecule has 4 nitrogen and oxygen atoms in total. The lowest BCUT2D eigenvalue weighted by Crippen LogP contribution is -2.24. The molecule has 0 atom stereocenters. The van der Waals surface area contributed by atoms with E-state index in [1.807, 2.05) is 12.1 Å². The van der Waals surface area contributed by atoms with Crippen LogP contribution in [0.4, 0.5) is 14.5 Å². The molecule has 0 saturated carbocycles. The van der Waals surface area contributed by atoms with Crippen LogP contribution in [0.3, 0.4) is 0 Å². The molecule has 3 rings (SSSR count). The molecule has 30 heavy (non-hydrogen) atoms. The number of nitrogens with zero attached hydrogens (tertiary/aromatic N) is 2. The van der Waals surface area contributed by atoms with Gasteiger partial charge in [0.15, 0.2) is 5.78 Å². The first-order valence-corrected chi connectivity index (χ1v) is 9.69. The third-order valence-corrected chi connectivity index (χ3v) is 4.96. The van der Waals surface area contributed by atoms with Crippen LogP contribution in [0.2, 0.25) is 0 Å². The van der Waals surface area contributed by atoms with Crippen molar-refractivity contribution in [2.75, 3.05) is 11.9 Å². The van der Waals surface area contributed by atoms with Crippen molar-refractivity contribution in [2.24, 2.45) is 0 Å². The predicted molar refractivity (Wildman–Crippen MR) is 112 cm³/mol. The van der Waals surface area contributed by atoms with Crippen LogP contribution in [0.15, 0.2) is 60.8 Å². The second-order valence-electron chi connectivity index (χ2n) is 6.96. The topological polar surface area (TPSA) is 50.3 Å². The number of aromatic nitrogens is 1. The van der Waals surface area contributed by atoms with E-state index in [9.17, 15) is 18.4 Å². The summed E-state index contributed by atoms with van der Waals surface area (Å²) in [6, 6.07) is 14.5. The molecule has 1 heterocycles. The van der Waals surface area contributed by atoms with Gasteiger partial charge in [-0.2, -0.15) is 4.39 Å². The molecule has 2 aromatic carbocycles. The fraction of sp³-hybridized carbons (Fsp3) is 0.208. The number of ketones is 1. The molecule has 1 aromatic heterocycles. The lowest BCUT2D eigenvalue weighted by Gasteiger charge is -2.16. The maximum atomic E-state index is 14.6. The normalized spacial score (nSPS) is 10.7. The average Bonchev–Trinajstić information content (AvgIpc) is 2.77. The van der Waals surface area contributed by atoms with Crippen LogP contribution in [0, 0.1) is 11.8 Å². The molecule has 0 saturated heterocycles. The monoisotopic (exact) mass is 408 g/mol. The fourth-order valence-electron chi connectivity index (χ4n) is 3.13. The van der Waals surface area contributed by atoms with Crippen molar-refractivity contribution in [2.45, 2.75) is 26.2 Å². The number of aryl methyl sites for hydroxylation is 1. The molecular weight excluding hydrogens is 386 g/mol. The van der Waals surface area contributed by atoms with E-state index in [1.165, 1.54) is 24.4 Å². The van der Waals surface area contributed by atoms with E-state index in [-0.39, 0.29) is 23.7 Å². The number of Topliss-reactive ketones (excluding diaryl/α,β-unsaturated/α-hetero) is 1. The minimum Gasteiger partial charge on any atom is -0.316 e. The number of hydrogen-bond donors (Lipinski definition) is 0. The van der Waals surface area contributed by atoms with Gasteiger partial charge in [-0.3, -0.25) is 9.59 Å². The third kappa shape index (κ3) is 4.95. The Morgan fingerprint density at radius 2 is 1.67 bits per heavy atom. The second kappa shape index (κ2) is 9.39. The van der Waals surface area contributed by atoms with Gasteiger partial charge in [-0.15, -0.1) is 0 Å². The Bertz CT molecular complexity index is 1050. The zero-order valence-electron chi connectivity index (χ0n) is 16.9. The summed E-state index contributed by atoms with van der Waals surface area (Å²) in [5.74, 6) is -1.48. The van der Waals surface area contributed by atoms with Gasteiger partial charge in [0.1, 0.15) is 5.82 Å². The van der Waals surface area contributed by atoms with Crippen LogP contribution in [0.5, 0.6) is 0 Å². The number of carbonyl (C=O) groups excluding carboxylic acids is 2. The largest absolute Gasteiger partial charge is 0.316 e. The highest BCUT2D eigenvalue weighted by molar-refractivity contribution is 5.97. The van der Waals surface area contributed by atoms with Gasteiger partial charge in [0, 0.05) is 31.8 Å². The highest BCUT2D eigenvalue weighted by Crippen LogP contribution is 2.25. The first kappa shape index (κ1) is 21.3. The zero-order valence-corrected chi connectivity index (χ0v) is 16.9. The standard InChI is InChI=1S/C24H22F2N2O2/c1-3-24(30)28(2)19-9-6-17(7-10-19)18-8-11-20(21(25)14-18)22(29)12-4-16-5-13-23(26)27-15-16/h5-11,13-15H,3-4,12H2,1-2H3. The lowest BCUT2D eigenvalue weighted by atomic mass is 9.99. The van der Waals surface area contributed by atoms with Gasteiger partial charge in [0.05, 0.1) is 5.56 Å². The lowest BCUT2D eigenvalue weighted by molar-refractivity contribution is -0.118. The van der Waals surface area contributed by atoms with Crippen molar-refractivity contribution in [1.82, 2.24) is 4.98 Å². The molecule has 0 aliphatic carbocycles. The van der Waals surface area contributed by atoms with E-state index in [4.69, 9.17) is 0 Å². The molecule has 154 valence electrons. The highest BCUT2D eigenvalue weighted by Gasteiger charge is 2.14. The maximum Gasteiger partial charge on any atom is 0.226 e. The molecule has 6 heteroatoms. The molecule has 0 unspecified atom stereocenters. The minimum atomic E-state index is -0.586. The zero-order chi connectivity index (χ0) is 21.7. The van der Waals surface area contributed by atoms with Crippen molar-refractivity contribution in [3.63, 3.8) is 0 Å². The summed E-state index contributed by atoms with van der Waals surface area (Å²) in [6.45, 7) is 1.80. The van der Waals surface area contributed by atoms with Crippen LogP contribution in [0.1, 0.15) is 35.7 Å². The number of rotatable bonds is 7. The van der Waals surface area contributed by atoms with Crippen LogP contribution < -0.4 is 4.90 Å². The van der Waals surface area contributed by atoms with Crippen LogP contribution >= 0.6 is 0 Å². The molecule has 0 bridgehead atoms. The predicted octanol–water partition coefficient (Wildman–Crippen LogP) is 5.22. The Morgan fingerprint density at radius 1 is 0.967 bits per heavy atom. The quantitative estimate of drug-likeness (QED) is 0.398. The molecule has 0 aliphatic rings. The number of halogens is 2. The van der Waals surface area contributed by atoms with Gasteiger partial charge >= 0.3 is 0 Å². The molecular formula is C24H22F2N2O2. The van der Waals surface area contributed by atoms with Gasteiger partial charge in [-0.25, -0.2) is 9.37 Å². The number of anilines is 1.